The SMILES string of the molecule is C=CC(=O)CCCC.C=CCC(=O)C=C. The van der Waals surface area contributed by atoms with Gasteiger partial charge in [-0.3, -0.25) is 9.59 Å². The van der Waals surface area contributed by atoms with Crippen LogP contribution in [0.15, 0.2) is 38.0 Å². The standard InChI is InChI=1S/C7H12O.C6H8O/c1-3-5-6-7(8)4-2;1-3-5-6(7)4-2/h4H,2-3,5-6H2,1H3;3-4H,1-2,5H2. The largest absolute Gasteiger partial charge is 0.295 e. The number of unbranched alkanes of at least 4 members (excludes halogenated alkanes) is 1. The first kappa shape index (κ1) is 16.0. The molecule has 0 aliphatic heterocycles. The third kappa shape index (κ3) is 15.3. The van der Waals surface area contributed by atoms with E-state index in [2.05, 4.69) is 26.7 Å². The molecule has 0 aromatic heterocycles. The Bertz CT molecular complexity index is 227. The summed E-state index contributed by atoms with van der Waals surface area (Å²) in [6.07, 6.45) is 7.38. The summed E-state index contributed by atoms with van der Waals surface area (Å²) in [6, 6.07) is 0. The van der Waals surface area contributed by atoms with Crippen LogP contribution < -0.4 is 0 Å². The van der Waals surface area contributed by atoms with E-state index in [0.717, 1.165) is 12.8 Å². The number of rotatable bonds is 7. The van der Waals surface area contributed by atoms with Gasteiger partial charge in [-0.05, 0) is 18.6 Å². The molecule has 0 aliphatic rings. The van der Waals surface area contributed by atoms with Crippen molar-refractivity contribution in [2.75, 3.05) is 0 Å². The van der Waals surface area contributed by atoms with Gasteiger partial charge in [-0.25, -0.2) is 0 Å². The van der Waals surface area contributed by atoms with Crippen LogP contribution in [-0.2, 0) is 9.59 Å². The molecule has 0 heterocycles. The fourth-order valence-electron chi connectivity index (χ4n) is 0.679. The highest BCUT2D eigenvalue weighted by Crippen LogP contribution is 1.94. The second kappa shape index (κ2) is 12.6. The summed E-state index contributed by atoms with van der Waals surface area (Å²) < 4.78 is 0. The predicted molar refractivity (Wildman–Crippen MR) is 64.7 cm³/mol. The Morgan fingerprint density at radius 2 is 1.60 bits per heavy atom. The summed E-state index contributed by atoms with van der Waals surface area (Å²) in [6.45, 7) is 12.1. The van der Waals surface area contributed by atoms with Gasteiger partial charge in [0.15, 0.2) is 11.6 Å². The Morgan fingerprint density at radius 1 is 1.07 bits per heavy atom. The second-order valence-electron chi connectivity index (χ2n) is 2.94. The number of hydrogen-bond donors (Lipinski definition) is 0. The van der Waals surface area contributed by atoms with Gasteiger partial charge in [0.1, 0.15) is 0 Å². The third-order valence-corrected chi connectivity index (χ3v) is 1.58. The maximum absolute atomic E-state index is 10.5. The number of hydrogen-bond acceptors (Lipinski definition) is 2. The molecule has 0 saturated heterocycles. The van der Waals surface area contributed by atoms with Crippen LogP contribution in [0, 0.1) is 0 Å². The highest BCUT2D eigenvalue weighted by molar-refractivity contribution is 5.90. The zero-order chi connectivity index (χ0) is 12.1. The van der Waals surface area contributed by atoms with E-state index in [9.17, 15) is 9.59 Å². The monoisotopic (exact) mass is 208 g/mol. The zero-order valence-corrected chi connectivity index (χ0v) is 9.50. The van der Waals surface area contributed by atoms with E-state index >= 15 is 0 Å². The van der Waals surface area contributed by atoms with Gasteiger partial charge in [-0.1, -0.05) is 32.6 Å². The smallest absolute Gasteiger partial charge is 0.158 e. The summed E-state index contributed by atoms with van der Waals surface area (Å²) in [5.74, 6) is 0.182. The lowest BCUT2D eigenvalue weighted by atomic mass is 10.2. The molecule has 0 N–H and O–H groups in total. The van der Waals surface area contributed by atoms with Crippen LogP contribution in [0.5, 0.6) is 0 Å². The Kier molecular flexibility index (Phi) is 13.4. The molecule has 0 spiro atoms. The van der Waals surface area contributed by atoms with Crippen LogP contribution in [0.2, 0.25) is 0 Å². The summed E-state index contributed by atoms with van der Waals surface area (Å²) in [5, 5.41) is 0. The van der Waals surface area contributed by atoms with Crippen molar-refractivity contribution in [1.29, 1.82) is 0 Å². The van der Waals surface area contributed by atoms with Gasteiger partial charge < -0.3 is 0 Å². The van der Waals surface area contributed by atoms with Gasteiger partial charge in [-0.15, -0.1) is 6.58 Å². The number of allylic oxidation sites excluding steroid dienone is 3. The van der Waals surface area contributed by atoms with Crippen LogP contribution >= 0.6 is 0 Å². The van der Waals surface area contributed by atoms with Crippen LogP contribution in [0.4, 0.5) is 0 Å². The van der Waals surface area contributed by atoms with Crippen LogP contribution in [0.3, 0.4) is 0 Å². The van der Waals surface area contributed by atoms with Gasteiger partial charge in [0, 0.05) is 12.8 Å². The average Bonchev–Trinajstić information content (AvgIpc) is 2.26. The molecule has 84 valence electrons. The lowest BCUT2D eigenvalue weighted by molar-refractivity contribution is -0.115. The minimum Gasteiger partial charge on any atom is -0.295 e. The minimum absolute atomic E-state index is 0.0231. The van der Waals surface area contributed by atoms with Crippen LogP contribution in [-0.4, -0.2) is 11.6 Å². The van der Waals surface area contributed by atoms with E-state index in [0.29, 0.717) is 12.8 Å². The summed E-state index contributed by atoms with van der Waals surface area (Å²) >= 11 is 0. The third-order valence-electron chi connectivity index (χ3n) is 1.58. The number of carbonyl (C=O) groups excluding carboxylic acids is 2. The molecule has 0 aliphatic carbocycles. The highest BCUT2D eigenvalue weighted by atomic mass is 16.1. The molecule has 0 aromatic carbocycles. The Hall–Kier alpha value is -1.44. The normalized spacial score (nSPS) is 8.07. The van der Waals surface area contributed by atoms with Crippen molar-refractivity contribution in [3.05, 3.63) is 38.0 Å². The molecule has 0 amide bonds. The van der Waals surface area contributed by atoms with Crippen molar-refractivity contribution in [3.63, 3.8) is 0 Å². The minimum atomic E-state index is 0.0231. The highest BCUT2D eigenvalue weighted by Gasteiger charge is 1.90. The van der Waals surface area contributed by atoms with Gasteiger partial charge in [0.25, 0.3) is 0 Å². The molecular formula is C13H20O2. The first-order chi connectivity index (χ1) is 7.12. The molecule has 0 bridgehead atoms. The molecule has 2 nitrogen and oxygen atoms in total. The summed E-state index contributed by atoms with van der Waals surface area (Å²) in [4.78, 5) is 20.7. The summed E-state index contributed by atoms with van der Waals surface area (Å²) in [7, 11) is 0. The quantitative estimate of drug-likeness (QED) is 0.475. The van der Waals surface area contributed by atoms with Crippen molar-refractivity contribution < 1.29 is 9.59 Å². The predicted octanol–water partition coefficient (Wildman–Crippen LogP) is 3.25. The van der Waals surface area contributed by atoms with E-state index in [1.54, 1.807) is 6.08 Å². The molecule has 0 atom stereocenters. The number of ketones is 2. The first-order valence-corrected chi connectivity index (χ1v) is 5.03. The molecule has 0 aromatic rings. The maximum atomic E-state index is 10.5. The van der Waals surface area contributed by atoms with Gasteiger partial charge >= 0.3 is 0 Å². The van der Waals surface area contributed by atoms with E-state index in [1.807, 2.05) is 0 Å². The Morgan fingerprint density at radius 3 is 1.87 bits per heavy atom. The summed E-state index contributed by atoms with van der Waals surface area (Å²) in [5.41, 5.74) is 0. The Labute approximate surface area is 92.4 Å². The topological polar surface area (TPSA) is 34.1 Å². The molecule has 0 fully saturated rings. The van der Waals surface area contributed by atoms with E-state index in [-0.39, 0.29) is 11.6 Å². The molecule has 15 heavy (non-hydrogen) atoms. The van der Waals surface area contributed by atoms with Gasteiger partial charge in [-0.2, -0.15) is 0 Å². The zero-order valence-electron chi connectivity index (χ0n) is 9.50. The van der Waals surface area contributed by atoms with Gasteiger partial charge in [0.05, 0.1) is 0 Å². The van der Waals surface area contributed by atoms with Crippen LogP contribution in [0.25, 0.3) is 0 Å². The van der Waals surface area contributed by atoms with E-state index in [4.69, 9.17) is 0 Å². The van der Waals surface area contributed by atoms with Gasteiger partial charge in [0.2, 0.25) is 0 Å². The van der Waals surface area contributed by atoms with Crippen molar-refractivity contribution >= 4 is 11.6 Å². The lowest BCUT2D eigenvalue weighted by Gasteiger charge is -1.88. The number of carbonyl (C=O) groups is 2. The molecule has 0 radical (unpaired) electrons. The molecule has 0 unspecified atom stereocenters. The molecular weight excluding hydrogens is 188 g/mol. The van der Waals surface area contributed by atoms with Crippen molar-refractivity contribution in [2.45, 2.75) is 32.6 Å². The Balaban J connectivity index is 0. The fraction of sp³-hybridized carbons (Fsp3) is 0.385. The van der Waals surface area contributed by atoms with E-state index < -0.39 is 0 Å². The maximum Gasteiger partial charge on any atom is 0.158 e. The fourth-order valence-corrected chi connectivity index (χ4v) is 0.679. The molecule has 0 rings (SSSR count). The first-order valence-electron chi connectivity index (χ1n) is 5.03. The molecule has 2 heteroatoms. The van der Waals surface area contributed by atoms with Crippen LogP contribution in [0.1, 0.15) is 32.6 Å². The molecule has 0 saturated carbocycles. The second-order valence-corrected chi connectivity index (χ2v) is 2.94. The van der Waals surface area contributed by atoms with Crippen molar-refractivity contribution in [3.8, 4) is 0 Å². The van der Waals surface area contributed by atoms with E-state index in [1.165, 1.54) is 12.2 Å². The lowest BCUT2D eigenvalue weighted by Crippen LogP contribution is -1.89. The average molecular weight is 208 g/mol. The van der Waals surface area contributed by atoms with Crippen molar-refractivity contribution in [1.82, 2.24) is 0 Å². The van der Waals surface area contributed by atoms with Crippen molar-refractivity contribution in [2.24, 2.45) is 0 Å².